The van der Waals surface area contributed by atoms with Gasteiger partial charge >= 0.3 is 0 Å². The van der Waals surface area contributed by atoms with Crippen molar-refractivity contribution < 1.29 is 9.21 Å². The van der Waals surface area contributed by atoms with Crippen LogP contribution in [0.4, 0.5) is 0 Å². The maximum absolute atomic E-state index is 12.5. The molecule has 0 aliphatic carbocycles. The van der Waals surface area contributed by atoms with E-state index in [4.69, 9.17) is 4.42 Å². The number of carbonyl (C=O) groups excluding carboxylic acids is 1. The molecule has 0 unspecified atom stereocenters. The molecule has 1 aromatic carbocycles. The van der Waals surface area contributed by atoms with Gasteiger partial charge in [0.25, 0.3) is 5.91 Å². The van der Waals surface area contributed by atoms with Crippen LogP contribution in [-0.4, -0.2) is 10.5 Å². The Labute approximate surface area is 129 Å². The second-order valence-corrected chi connectivity index (χ2v) is 5.87. The van der Waals surface area contributed by atoms with E-state index in [1.807, 2.05) is 47.0 Å². The van der Waals surface area contributed by atoms with Crippen LogP contribution in [0, 0.1) is 5.92 Å². The van der Waals surface area contributed by atoms with Crippen molar-refractivity contribution in [3.63, 3.8) is 0 Å². The number of hydrogen-bond acceptors (Lipinski definition) is 2. The van der Waals surface area contributed by atoms with Gasteiger partial charge in [-0.15, -0.1) is 0 Å². The molecule has 0 saturated heterocycles. The van der Waals surface area contributed by atoms with Gasteiger partial charge in [0.15, 0.2) is 5.58 Å². The molecule has 1 N–H and O–H groups in total. The summed E-state index contributed by atoms with van der Waals surface area (Å²) in [5, 5.41) is 2.98. The summed E-state index contributed by atoms with van der Waals surface area (Å²) >= 11 is 0. The lowest BCUT2D eigenvalue weighted by atomic mass is 10.2. The average molecular weight is 296 g/mol. The maximum Gasteiger partial charge on any atom is 0.268 e. The van der Waals surface area contributed by atoms with Gasteiger partial charge in [-0.05, 0) is 11.5 Å². The number of rotatable bonds is 5. The van der Waals surface area contributed by atoms with Gasteiger partial charge < -0.3 is 14.3 Å². The molecule has 0 saturated carbocycles. The zero-order chi connectivity index (χ0) is 15.5. The number of nitrogens with one attached hydrogen (secondary N) is 1. The van der Waals surface area contributed by atoms with E-state index in [0.717, 1.165) is 23.2 Å². The summed E-state index contributed by atoms with van der Waals surface area (Å²) in [5.74, 6) is 0.377. The van der Waals surface area contributed by atoms with Crippen molar-refractivity contribution in [2.45, 2.75) is 26.9 Å². The summed E-state index contributed by atoms with van der Waals surface area (Å²) in [6, 6.07) is 13.6. The molecule has 4 nitrogen and oxygen atoms in total. The van der Waals surface area contributed by atoms with Gasteiger partial charge in [-0.1, -0.05) is 44.2 Å². The molecule has 0 fully saturated rings. The van der Waals surface area contributed by atoms with Crippen molar-refractivity contribution in [2.75, 3.05) is 0 Å². The Morgan fingerprint density at radius 2 is 2.00 bits per heavy atom. The highest BCUT2D eigenvalue weighted by Crippen LogP contribution is 2.22. The van der Waals surface area contributed by atoms with E-state index in [0.29, 0.717) is 18.2 Å². The number of carbonyl (C=O) groups is 1. The Kier molecular flexibility index (Phi) is 4.00. The monoisotopic (exact) mass is 296 g/mol. The molecule has 114 valence electrons. The molecule has 2 aromatic heterocycles. The zero-order valence-electron chi connectivity index (χ0n) is 12.9. The largest absolute Gasteiger partial charge is 0.463 e. The molecule has 2 heterocycles. The molecule has 3 aromatic rings. The highest BCUT2D eigenvalue weighted by molar-refractivity contribution is 5.97. The van der Waals surface area contributed by atoms with Crippen LogP contribution >= 0.6 is 0 Å². The second-order valence-electron chi connectivity index (χ2n) is 5.87. The van der Waals surface area contributed by atoms with Crippen molar-refractivity contribution in [1.82, 2.24) is 9.88 Å². The van der Waals surface area contributed by atoms with Gasteiger partial charge in [-0.25, -0.2) is 0 Å². The minimum absolute atomic E-state index is 0.0732. The van der Waals surface area contributed by atoms with Gasteiger partial charge in [0.05, 0.1) is 11.8 Å². The van der Waals surface area contributed by atoms with Crippen LogP contribution in [0.2, 0.25) is 0 Å². The predicted molar refractivity (Wildman–Crippen MR) is 86.7 cm³/mol. The van der Waals surface area contributed by atoms with Crippen molar-refractivity contribution in [2.24, 2.45) is 5.92 Å². The zero-order valence-corrected chi connectivity index (χ0v) is 12.9. The summed E-state index contributed by atoms with van der Waals surface area (Å²) in [7, 11) is 0. The first kappa shape index (κ1) is 14.4. The first-order valence-corrected chi connectivity index (χ1v) is 7.54. The molecule has 22 heavy (non-hydrogen) atoms. The number of nitrogens with zero attached hydrogens (tertiary/aromatic N) is 1. The van der Waals surface area contributed by atoms with Crippen molar-refractivity contribution >= 4 is 17.0 Å². The molecule has 0 radical (unpaired) electrons. The fourth-order valence-corrected chi connectivity index (χ4v) is 2.60. The molecule has 0 aliphatic rings. The number of hydrogen-bond donors (Lipinski definition) is 1. The first-order chi connectivity index (χ1) is 10.6. The van der Waals surface area contributed by atoms with Gasteiger partial charge in [-0.3, -0.25) is 4.79 Å². The van der Waals surface area contributed by atoms with Gasteiger partial charge in [0.2, 0.25) is 0 Å². The van der Waals surface area contributed by atoms with E-state index in [9.17, 15) is 4.79 Å². The number of benzene rings is 1. The molecular weight excluding hydrogens is 276 g/mol. The fourth-order valence-electron chi connectivity index (χ4n) is 2.60. The minimum atomic E-state index is -0.0732. The molecule has 0 spiro atoms. The van der Waals surface area contributed by atoms with Crippen LogP contribution in [0.1, 0.15) is 29.9 Å². The lowest BCUT2D eigenvalue weighted by molar-refractivity contribution is 0.0941. The Morgan fingerprint density at radius 1 is 1.23 bits per heavy atom. The Balaban J connectivity index is 1.82. The van der Waals surface area contributed by atoms with Crippen LogP contribution < -0.4 is 5.32 Å². The average Bonchev–Trinajstić information content (AvgIpc) is 3.08. The summed E-state index contributed by atoms with van der Waals surface area (Å²) in [6.45, 7) is 5.58. The van der Waals surface area contributed by atoms with Crippen LogP contribution in [-0.2, 0) is 13.1 Å². The molecule has 0 atom stereocenters. The lowest BCUT2D eigenvalue weighted by Crippen LogP contribution is -2.26. The topological polar surface area (TPSA) is 47.2 Å². The summed E-state index contributed by atoms with van der Waals surface area (Å²) < 4.78 is 7.46. The van der Waals surface area contributed by atoms with Crippen molar-refractivity contribution in [1.29, 1.82) is 0 Å². The summed E-state index contributed by atoms with van der Waals surface area (Å²) in [5.41, 5.74) is 3.46. The number of amides is 1. The van der Waals surface area contributed by atoms with Crippen LogP contribution in [0.5, 0.6) is 0 Å². The molecule has 4 heteroatoms. The normalized spacial score (nSPS) is 11.2. The van der Waals surface area contributed by atoms with E-state index < -0.39 is 0 Å². The molecule has 0 bridgehead atoms. The highest BCUT2D eigenvalue weighted by Gasteiger charge is 2.17. The maximum atomic E-state index is 12.5. The van der Waals surface area contributed by atoms with Crippen LogP contribution in [0.15, 0.2) is 53.1 Å². The van der Waals surface area contributed by atoms with Crippen LogP contribution in [0.3, 0.4) is 0 Å². The van der Waals surface area contributed by atoms with Crippen molar-refractivity contribution in [3.05, 3.63) is 60.0 Å². The predicted octanol–water partition coefficient (Wildman–Crippen LogP) is 3.82. The third-order valence-corrected chi connectivity index (χ3v) is 3.60. The van der Waals surface area contributed by atoms with Crippen molar-refractivity contribution in [3.8, 4) is 0 Å². The summed E-state index contributed by atoms with van der Waals surface area (Å²) in [6.07, 6.45) is 1.66. The number of aromatic nitrogens is 1. The SMILES string of the molecule is CC(C)Cn1c(C(=O)NCc2ccccc2)cc2occc21. The summed E-state index contributed by atoms with van der Waals surface area (Å²) in [4.78, 5) is 12.5. The quantitative estimate of drug-likeness (QED) is 0.778. The molecular formula is C18H20N2O2. The third kappa shape index (κ3) is 2.91. The second kappa shape index (κ2) is 6.10. The van der Waals surface area contributed by atoms with E-state index in [1.165, 1.54) is 0 Å². The lowest BCUT2D eigenvalue weighted by Gasteiger charge is -2.12. The smallest absolute Gasteiger partial charge is 0.268 e. The van der Waals surface area contributed by atoms with E-state index >= 15 is 0 Å². The van der Waals surface area contributed by atoms with E-state index in [2.05, 4.69) is 19.2 Å². The van der Waals surface area contributed by atoms with E-state index in [-0.39, 0.29) is 5.91 Å². The molecule has 3 rings (SSSR count). The molecule has 1 amide bonds. The van der Waals surface area contributed by atoms with Gasteiger partial charge in [0.1, 0.15) is 5.69 Å². The Bertz CT molecular complexity index is 769. The minimum Gasteiger partial charge on any atom is -0.463 e. The van der Waals surface area contributed by atoms with Crippen LogP contribution in [0.25, 0.3) is 11.1 Å². The van der Waals surface area contributed by atoms with Gasteiger partial charge in [0, 0.05) is 25.2 Å². The molecule has 0 aliphatic heterocycles. The third-order valence-electron chi connectivity index (χ3n) is 3.60. The highest BCUT2D eigenvalue weighted by atomic mass is 16.3. The standard InChI is InChI=1S/C18H20N2O2/c1-13(2)12-20-15-8-9-22-17(15)10-16(20)18(21)19-11-14-6-4-3-5-7-14/h3-10,13H,11-12H2,1-2H3,(H,19,21). The van der Waals surface area contributed by atoms with Gasteiger partial charge in [-0.2, -0.15) is 0 Å². The Morgan fingerprint density at radius 3 is 2.73 bits per heavy atom. The number of fused-ring (bicyclic) bond motifs is 1. The number of furan rings is 1. The van der Waals surface area contributed by atoms with E-state index in [1.54, 1.807) is 6.26 Å². The first-order valence-electron chi connectivity index (χ1n) is 7.54. The fraction of sp³-hybridized carbons (Fsp3) is 0.278. The Hall–Kier alpha value is -2.49.